The van der Waals surface area contributed by atoms with Crippen molar-refractivity contribution in [2.45, 2.75) is 0 Å². The molecule has 0 unspecified atom stereocenters. The zero-order valence-electron chi connectivity index (χ0n) is 9.26. The van der Waals surface area contributed by atoms with Crippen LogP contribution in [-0.2, 0) is 4.74 Å². The topological polar surface area (TPSA) is 96.5 Å². The minimum atomic E-state index is 0.0473. The molecular weight excluding hydrogens is 210 g/mol. The lowest BCUT2D eigenvalue weighted by atomic mass is 10.4. The molecule has 1 aromatic rings. The summed E-state index contributed by atoms with van der Waals surface area (Å²) < 4.78 is 4.98. The maximum Gasteiger partial charge on any atom is 0.160 e. The van der Waals surface area contributed by atoms with Gasteiger partial charge in [-0.2, -0.15) is 0 Å². The zero-order valence-corrected chi connectivity index (χ0v) is 9.26. The van der Waals surface area contributed by atoms with E-state index >= 15 is 0 Å². The molecule has 0 aliphatic rings. The molecule has 7 nitrogen and oxygen atoms in total. The van der Waals surface area contributed by atoms with Gasteiger partial charge in [-0.3, -0.25) is 4.98 Å². The SMILES string of the molecule is COCCN(CCO)c1cncc(NN)n1. The molecule has 7 heteroatoms. The molecule has 0 radical (unpaired) electrons. The predicted octanol–water partition coefficient (Wildman–Crippen LogP) is -0.793. The Bertz CT molecular complexity index is 310. The largest absolute Gasteiger partial charge is 0.395 e. The van der Waals surface area contributed by atoms with Crippen LogP contribution < -0.4 is 16.2 Å². The molecule has 1 rings (SSSR count). The number of anilines is 2. The fourth-order valence-electron chi connectivity index (χ4n) is 1.24. The second-order valence-corrected chi connectivity index (χ2v) is 3.11. The third kappa shape index (κ3) is 3.61. The van der Waals surface area contributed by atoms with Crippen LogP contribution in [0.2, 0.25) is 0 Å². The van der Waals surface area contributed by atoms with Gasteiger partial charge >= 0.3 is 0 Å². The zero-order chi connectivity index (χ0) is 11.8. The van der Waals surface area contributed by atoms with Crippen LogP contribution in [0.1, 0.15) is 0 Å². The lowest BCUT2D eigenvalue weighted by molar-refractivity contribution is 0.202. The molecule has 0 aliphatic heterocycles. The number of hydrazine groups is 1. The number of nitrogens with zero attached hydrogens (tertiary/aromatic N) is 3. The Hall–Kier alpha value is -1.44. The van der Waals surface area contributed by atoms with Gasteiger partial charge in [0.15, 0.2) is 5.82 Å². The fraction of sp³-hybridized carbons (Fsp3) is 0.556. The number of hydrogen-bond donors (Lipinski definition) is 3. The van der Waals surface area contributed by atoms with Crippen molar-refractivity contribution in [2.24, 2.45) is 5.84 Å². The Morgan fingerprint density at radius 2 is 2.31 bits per heavy atom. The van der Waals surface area contributed by atoms with Crippen molar-refractivity contribution in [2.75, 3.05) is 43.7 Å². The predicted molar refractivity (Wildman–Crippen MR) is 61.0 cm³/mol. The van der Waals surface area contributed by atoms with Gasteiger partial charge in [-0.05, 0) is 0 Å². The van der Waals surface area contributed by atoms with Gasteiger partial charge in [-0.15, -0.1) is 0 Å². The molecule has 16 heavy (non-hydrogen) atoms. The highest BCUT2D eigenvalue weighted by Crippen LogP contribution is 2.10. The Morgan fingerprint density at radius 1 is 1.50 bits per heavy atom. The smallest absolute Gasteiger partial charge is 0.160 e. The lowest BCUT2D eigenvalue weighted by Gasteiger charge is -2.22. The maximum atomic E-state index is 8.95. The van der Waals surface area contributed by atoms with Crippen molar-refractivity contribution in [1.82, 2.24) is 9.97 Å². The third-order valence-corrected chi connectivity index (χ3v) is 2.03. The number of aliphatic hydroxyl groups is 1. The van der Waals surface area contributed by atoms with E-state index in [0.29, 0.717) is 31.3 Å². The summed E-state index contributed by atoms with van der Waals surface area (Å²) in [6.45, 7) is 1.72. The van der Waals surface area contributed by atoms with Gasteiger partial charge in [0.1, 0.15) is 5.82 Å². The van der Waals surface area contributed by atoms with E-state index in [1.807, 2.05) is 4.90 Å². The van der Waals surface area contributed by atoms with Crippen molar-refractivity contribution in [3.63, 3.8) is 0 Å². The number of nitrogens with one attached hydrogen (secondary N) is 1. The molecule has 0 spiro atoms. The van der Waals surface area contributed by atoms with Crippen molar-refractivity contribution in [3.05, 3.63) is 12.4 Å². The first-order valence-corrected chi connectivity index (χ1v) is 4.95. The number of rotatable bonds is 7. The van der Waals surface area contributed by atoms with Crippen molar-refractivity contribution >= 4 is 11.6 Å². The Morgan fingerprint density at radius 3 is 2.94 bits per heavy atom. The van der Waals surface area contributed by atoms with Crippen molar-refractivity contribution in [3.8, 4) is 0 Å². The molecule has 0 fully saturated rings. The molecule has 90 valence electrons. The van der Waals surface area contributed by atoms with Crippen LogP contribution in [0.25, 0.3) is 0 Å². The van der Waals surface area contributed by atoms with Crippen LogP contribution in [0.4, 0.5) is 11.6 Å². The third-order valence-electron chi connectivity index (χ3n) is 2.03. The van der Waals surface area contributed by atoms with E-state index in [1.54, 1.807) is 13.3 Å². The Kier molecular flexibility index (Phi) is 5.48. The molecule has 0 saturated carbocycles. The summed E-state index contributed by atoms with van der Waals surface area (Å²) in [5.41, 5.74) is 2.43. The van der Waals surface area contributed by atoms with Crippen LogP contribution in [-0.4, -0.2) is 48.5 Å². The number of methoxy groups -OCH3 is 1. The van der Waals surface area contributed by atoms with E-state index in [1.165, 1.54) is 6.20 Å². The van der Waals surface area contributed by atoms with E-state index in [4.69, 9.17) is 15.7 Å². The first kappa shape index (κ1) is 12.6. The number of hydrogen-bond acceptors (Lipinski definition) is 7. The normalized spacial score (nSPS) is 10.2. The summed E-state index contributed by atoms with van der Waals surface area (Å²) in [6, 6.07) is 0. The highest BCUT2D eigenvalue weighted by atomic mass is 16.5. The van der Waals surface area contributed by atoms with E-state index < -0.39 is 0 Å². The number of aliphatic hydroxyl groups excluding tert-OH is 1. The Balaban J connectivity index is 2.73. The van der Waals surface area contributed by atoms with E-state index in [9.17, 15) is 0 Å². The molecule has 0 atom stereocenters. The molecule has 0 amide bonds. The second-order valence-electron chi connectivity index (χ2n) is 3.11. The fourth-order valence-corrected chi connectivity index (χ4v) is 1.24. The summed E-state index contributed by atoms with van der Waals surface area (Å²) in [6.07, 6.45) is 3.14. The maximum absolute atomic E-state index is 8.95. The second kappa shape index (κ2) is 6.94. The van der Waals surface area contributed by atoms with Crippen LogP contribution in [0, 0.1) is 0 Å². The summed E-state index contributed by atoms with van der Waals surface area (Å²) in [5, 5.41) is 8.95. The standard InChI is InChI=1S/C9H17N5O2/c1-16-5-3-14(2-4-15)9-7-11-6-8(12-9)13-10/h6-7,15H,2-5,10H2,1H3,(H,12,13). The molecule has 0 saturated heterocycles. The van der Waals surface area contributed by atoms with Crippen LogP contribution in [0.15, 0.2) is 12.4 Å². The molecule has 0 bridgehead atoms. The Labute approximate surface area is 94.2 Å². The monoisotopic (exact) mass is 227 g/mol. The van der Waals surface area contributed by atoms with Gasteiger partial charge in [0, 0.05) is 20.2 Å². The summed E-state index contributed by atoms with van der Waals surface area (Å²) in [4.78, 5) is 10.1. The molecule has 4 N–H and O–H groups in total. The summed E-state index contributed by atoms with van der Waals surface area (Å²) >= 11 is 0. The van der Waals surface area contributed by atoms with Crippen molar-refractivity contribution in [1.29, 1.82) is 0 Å². The van der Waals surface area contributed by atoms with Gasteiger partial charge in [0.2, 0.25) is 0 Å². The average molecular weight is 227 g/mol. The molecule has 0 aliphatic carbocycles. The number of nitrogens with two attached hydrogens (primary N) is 1. The molecular formula is C9H17N5O2. The summed E-state index contributed by atoms with van der Waals surface area (Å²) in [5.74, 6) is 6.39. The van der Waals surface area contributed by atoms with Crippen LogP contribution >= 0.6 is 0 Å². The first-order valence-electron chi connectivity index (χ1n) is 4.95. The average Bonchev–Trinajstić information content (AvgIpc) is 2.34. The van der Waals surface area contributed by atoms with Crippen LogP contribution in [0.5, 0.6) is 0 Å². The van der Waals surface area contributed by atoms with Gasteiger partial charge in [-0.25, -0.2) is 10.8 Å². The van der Waals surface area contributed by atoms with Crippen molar-refractivity contribution < 1.29 is 9.84 Å². The first-order chi connectivity index (χ1) is 7.81. The van der Waals surface area contributed by atoms with Gasteiger partial charge in [0.05, 0.1) is 25.6 Å². The van der Waals surface area contributed by atoms with E-state index in [2.05, 4.69) is 15.4 Å². The quantitative estimate of drug-likeness (QED) is 0.415. The molecule has 0 aromatic carbocycles. The van der Waals surface area contributed by atoms with Crippen LogP contribution in [0.3, 0.4) is 0 Å². The lowest BCUT2D eigenvalue weighted by Crippen LogP contribution is -2.31. The van der Waals surface area contributed by atoms with Gasteiger partial charge < -0.3 is 20.2 Å². The number of ether oxygens (including phenoxy) is 1. The number of aromatic nitrogens is 2. The molecule has 1 aromatic heterocycles. The minimum Gasteiger partial charge on any atom is -0.395 e. The minimum absolute atomic E-state index is 0.0473. The highest BCUT2D eigenvalue weighted by molar-refractivity contribution is 5.43. The molecule has 1 heterocycles. The van der Waals surface area contributed by atoms with Gasteiger partial charge in [-0.1, -0.05) is 0 Å². The van der Waals surface area contributed by atoms with E-state index in [0.717, 1.165) is 0 Å². The highest BCUT2D eigenvalue weighted by Gasteiger charge is 2.08. The summed E-state index contributed by atoms with van der Waals surface area (Å²) in [7, 11) is 1.63. The van der Waals surface area contributed by atoms with Gasteiger partial charge in [0.25, 0.3) is 0 Å². The number of nitrogen functional groups attached to an aromatic ring is 1. The van der Waals surface area contributed by atoms with E-state index in [-0.39, 0.29) is 6.61 Å².